The molecule has 15 heavy (non-hydrogen) atoms. The lowest BCUT2D eigenvalue weighted by Gasteiger charge is -2.50. The number of aliphatic hydroxyl groups excluding tert-OH is 1. The second-order valence-electron chi connectivity index (χ2n) is 3.35. The summed E-state index contributed by atoms with van der Waals surface area (Å²) in [5, 5.41) is 10.5. The van der Waals surface area contributed by atoms with Crippen LogP contribution in [0, 0.1) is 0 Å². The van der Waals surface area contributed by atoms with Gasteiger partial charge in [0, 0.05) is 13.0 Å². The van der Waals surface area contributed by atoms with Crippen molar-refractivity contribution in [2.24, 2.45) is 39.6 Å². The molecule has 0 aromatic carbocycles. The zero-order valence-corrected chi connectivity index (χ0v) is 8.17. The van der Waals surface area contributed by atoms with Gasteiger partial charge in [-0.25, -0.2) is 15.8 Å². The molecule has 0 aliphatic carbocycles. The second kappa shape index (κ2) is 3.53. The van der Waals surface area contributed by atoms with Crippen molar-refractivity contribution in [2.75, 3.05) is 6.61 Å². The van der Waals surface area contributed by atoms with Gasteiger partial charge in [-0.05, 0) is 0 Å². The Labute approximate surface area is 86.4 Å². The summed E-state index contributed by atoms with van der Waals surface area (Å²) in [5.74, 6) is 7.65. The first-order valence-corrected chi connectivity index (χ1v) is 4.18. The second-order valence-corrected chi connectivity index (χ2v) is 3.35. The molecule has 0 saturated carbocycles. The van der Waals surface area contributed by atoms with E-state index in [4.69, 9.17) is 39.7 Å². The minimum Gasteiger partial charge on any atom is -0.396 e. The van der Waals surface area contributed by atoms with Crippen molar-refractivity contribution in [2.45, 2.75) is 18.1 Å². The van der Waals surface area contributed by atoms with E-state index >= 15 is 0 Å². The van der Waals surface area contributed by atoms with Crippen molar-refractivity contribution in [1.29, 1.82) is 0 Å². The molecule has 0 fully saturated rings. The molecular weight excluding hydrogens is 202 g/mol. The van der Waals surface area contributed by atoms with Crippen LogP contribution >= 0.6 is 0 Å². The number of nitrogens with two attached hydrogens (primary N) is 6. The van der Waals surface area contributed by atoms with Crippen LogP contribution in [0.1, 0.15) is 6.42 Å². The number of aliphatic hydroxyl groups is 1. The number of hydrazine groups is 2. The predicted octanol–water partition coefficient (Wildman–Crippen LogP) is -4.81. The molecule has 1 atom stereocenters. The smallest absolute Gasteiger partial charge is 0.234 e. The standard InChI is InChI=1S/C5H17N9O/c6-3-12-4(7,1-2-15)14(11)5(8,9)13(3)10/h15H,1-2,7-11H2,(H2,6,12). The van der Waals surface area contributed by atoms with Crippen LogP contribution in [0.15, 0.2) is 4.99 Å². The summed E-state index contributed by atoms with van der Waals surface area (Å²) in [7, 11) is 0. The summed E-state index contributed by atoms with van der Waals surface area (Å²) in [5.41, 5.74) is 22.5. The SMILES string of the molecule is NC1=NC(N)(CCO)N(N)C(N)(N)N1N. The van der Waals surface area contributed by atoms with Gasteiger partial charge in [0.1, 0.15) is 0 Å². The molecule has 1 unspecified atom stereocenters. The molecule has 13 N–H and O–H groups in total. The van der Waals surface area contributed by atoms with Gasteiger partial charge in [0.2, 0.25) is 11.9 Å². The number of aliphatic imine (C=N–C) groups is 1. The van der Waals surface area contributed by atoms with Crippen LogP contribution < -0.4 is 34.6 Å². The number of nitrogens with zero attached hydrogens (tertiary/aromatic N) is 3. The third-order valence-electron chi connectivity index (χ3n) is 2.22. The molecule has 0 amide bonds. The summed E-state index contributed by atoms with van der Waals surface area (Å²) >= 11 is 0. The first-order valence-electron chi connectivity index (χ1n) is 4.18. The highest BCUT2D eigenvalue weighted by Gasteiger charge is 2.48. The van der Waals surface area contributed by atoms with Crippen molar-refractivity contribution in [3.63, 3.8) is 0 Å². The Kier molecular flexibility index (Phi) is 2.84. The highest BCUT2D eigenvalue weighted by Crippen LogP contribution is 2.21. The van der Waals surface area contributed by atoms with Crippen LogP contribution in [-0.4, -0.2) is 39.4 Å². The van der Waals surface area contributed by atoms with Crippen LogP contribution in [-0.2, 0) is 0 Å². The minimum absolute atomic E-state index is 0.0220. The average Bonchev–Trinajstić information content (AvgIpc) is 2.13. The quantitative estimate of drug-likeness (QED) is 0.176. The van der Waals surface area contributed by atoms with E-state index in [1.54, 1.807) is 0 Å². The molecule has 0 spiro atoms. The van der Waals surface area contributed by atoms with Crippen molar-refractivity contribution < 1.29 is 5.11 Å². The van der Waals surface area contributed by atoms with E-state index in [0.29, 0.717) is 0 Å². The Balaban J connectivity index is 3.12. The zero-order chi connectivity index (χ0) is 11.9. The van der Waals surface area contributed by atoms with Crippen LogP contribution in [0.4, 0.5) is 0 Å². The molecular formula is C5H17N9O. The van der Waals surface area contributed by atoms with E-state index in [0.717, 1.165) is 10.0 Å². The molecule has 0 aromatic heterocycles. The molecule has 0 aromatic rings. The molecule has 10 nitrogen and oxygen atoms in total. The maximum Gasteiger partial charge on any atom is 0.234 e. The minimum atomic E-state index is -1.77. The van der Waals surface area contributed by atoms with Crippen LogP contribution in [0.5, 0.6) is 0 Å². The van der Waals surface area contributed by atoms with Crippen molar-refractivity contribution in [3.8, 4) is 0 Å². The topological polar surface area (TPSA) is 195 Å². The molecule has 0 bridgehead atoms. The van der Waals surface area contributed by atoms with E-state index in [9.17, 15) is 0 Å². The fourth-order valence-corrected chi connectivity index (χ4v) is 1.26. The van der Waals surface area contributed by atoms with Crippen LogP contribution in [0.3, 0.4) is 0 Å². The van der Waals surface area contributed by atoms with Crippen LogP contribution in [0.25, 0.3) is 0 Å². The fraction of sp³-hybridized carbons (Fsp3) is 0.800. The van der Waals surface area contributed by atoms with Crippen LogP contribution in [0.2, 0.25) is 0 Å². The molecule has 1 rings (SSSR count). The first-order chi connectivity index (χ1) is 6.75. The molecule has 88 valence electrons. The van der Waals surface area contributed by atoms with E-state index in [2.05, 4.69) is 4.99 Å². The largest absolute Gasteiger partial charge is 0.396 e. The van der Waals surface area contributed by atoms with Gasteiger partial charge >= 0.3 is 0 Å². The van der Waals surface area contributed by atoms with Gasteiger partial charge in [0.05, 0.1) is 0 Å². The van der Waals surface area contributed by atoms with Gasteiger partial charge in [0.25, 0.3) is 0 Å². The molecule has 10 heteroatoms. The van der Waals surface area contributed by atoms with Crippen molar-refractivity contribution >= 4 is 5.96 Å². The molecule has 1 aliphatic heterocycles. The van der Waals surface area contributed by atoms with Crippen molar-refractivity contribution in [3.05, 3.63) is 0 Å². The first kappa shape index (κ1) is 12.1. The highest BCUT2D eigenvalue weighted by atomic mass is 16.3. The highest BCUT2D eigenvalue weighted by molar-refractivity contribution is 5.79. The van der Waals surface area contributed by atoms with E-state index < -0.39 is 11.7 Å². The van der Waals surface area contributed by atoms with Gasteiger partial charge < -0.3 is 10.8 Å². The Hall–Kier alpha value is -1.01. The van der Waals surface area contributed by atoms with Gasteiger partial charge in [-0.2, -0.15) is 5.01 Å². The summed E-state index contributed by atoms with van der Waals surface area (Å²) in [4.78, 5) is 3.82. The van der Waals surface area contributed by atoms with E-state index in [1.165, 1.54) is 0 Å². The maximum atomic E-state index is 8.83. The van der Waals surface area contributed by atoms with Crippen molar-refractivity contribution in [1.82, 2.24) is 10.0 Å². The number of hydrogen-bond donors (Lipinski definition) is 7. The number of guanidine groups is 1. The lowest BCUT2D eigenvalue weighted by atomic mass is 10.2. The molecule has 1 heterocycles. The molecule has 1 aliphatic rings. The van der Waals surface area contributed by atoms with Gasteiger partial charge in [-0.3, -0.25) is 23.0 Å². The lowest BCUT2D eigenvalue weighted by molar-refractivity contribution is -0.107. The molecule has 0 saturated heterocycles. The Morgan fingerprint density at radius 3 is 2.27 bits per heavy atom. The summed E-state index contributed by atoms with van der Waals surface area (Å²) in [6.07, 6.45) is 0.0220. The van der Waals surface area contributed by atoms with Gasteiger partial charge in [-0.15, -0.1) is 0 Å². The third kappa shape index (κ3) is 1.74. The van der Waals surface area contributed by atoms with Gasteiger partial charge in [-0.1, -0.05) is 0 Å². The van der Waals surface area contributed by atoms with Gasteiger partial charge in [0.15, 0.2) is 5.79 Å². The summed E-state index contributed by atoms with van der Waals surface area (Å²) in [6.45, 7) is -0.248. The van der Waals surface area contributed by atoms with E-state index in [-0.39, 0.29) is 19.0 Å². The molecule has 0 radical (unpaired) electrons. The fourth-order valence-electron chi connectivity index (χ4n) is 1.26. The normalized spacial score (nSPS) is 31.6. The number of hydrogen-bond acceptors (Lipinski definition) is 10. The predicted molar refractivity (Wildman–Crippen MR) is 53.4 cm³/mol. The maximum absolute atomic E-state index is 8.83. The third-order valence-corrected chi connectivity index (χ3v) is 2.22. The monoisotopic (exact) mass is 219 g/mol. The Morgan fingerprint density at radius 2 is 1.80 bits per heavy atom. The van der Waals surface area contributed by atoms with E-state index in [1.807, 2.05) is 0 Å². The Bertz CT molecular complexity index is 278. The average molecular weight is 219 g/mol. The number of rotatable bonds is 2. The zero-order valence-electron chi connectivity index (χ0n) is 8.17. The Morgan fingerprint density at radius 1 is 1.27 bits per heavy atom. The summed E-state index contributed by atoms with van der Waals surface area (Å²) in [6, 6.07) is 0. The summed E-state index contributed by atoms with van der Waals surface area (Å²) < 4.78 is 0. The lowest BCUT2D eigenvalue weighted by Crippen LogP contribution is -2.86.